The molecule has 1 saturated carbocycles. The molecule has 102 valence electrons. The largest absolute Gasteiger partial charge is 0.352 e. The lowest BCUT2D eigenvalue weighted by Gasteiger charge is -2.17. The molecule has 1 N–H and O–H groups in total. The third kappa shape index (κ3) is 3.53. The molecule has 1 aromatic rings. The van der Waals surface area contributed by atoms with Crippen molar-refractivity contribution in [3.8, 4) is 0 Å². The SMILES string of the molecule is CN(CC(=O)NC1CC1)C(=O)c1cccc(Br)c1F. The third-order valence-corrected chi connectivity index (χ3v) is 3.46. The highest BCUT2D eigenvalue weighted by Gasteiger charge is 2.25. The van der Waals surface area contributed by atoms with Gasteiger partial charge in [-0.15, -0.1) is 0 Å². The molecular formula is C13H14BrFN2O2. The highest BCUT2D eigenvalue weighted by Crippen LogP contribution is 2.20. The number of halogens is 2. The lowest BCUT2D eigenvalue weighted by Crippen LogP contribution is -2.39. The van der Waals surface area contributed by atoms with Crippen LogP contribution < -0.4 is 5.32 Å². The molecule has 0 aliphatic heterocycles. The minimum Gasteiger partial charge on any atom is -0.352 e. The van der Waals surface area contributed by atoms with Crippen molar-refractivity contribution in [3.63, 3.8) is 0 Å². The second-order valence-corrected chi connectivity index (χ2v) is 5.46. The summed E-state index contributed by atoms with van der Waals surface area (Å²) in [5.74, 6) is -1.33. The third-order valence-electron chi connectivity index (χ3n) is 2.85. The van der Waals surface area contributed by atoms with Crippen molar-refractivity contribution < 1.29 is 14.0 Å². The average molecular weight is 329 g/mol. The topological polar surface area (TPSA) is 49.4 Å². The Balaban J connectivity index is 2.01. The van der Waals surface area contributed by atoms with Gasteiger partial charge in [-0.25, -0.2) is 4.39 Å². The second kappa shape index (κ2) is 5.69. The number of carbonyl (C=O) groups excluding carboxylic acids is 2. The van der Waals surface area contributed by atoms with E-state index in [4.69, 9.17) is 0 Å². The predicted octanol–water partition coefficient (Wildman–Crippen LogP) is 1.94. The smallest absolute Gasteiger partial charge is 0.257 e. The fraction of sp³-hybridized carbons (Fsp3) is 0.385. The molecule has 0 bridgehead atoms. The number of hydrogen-bond acceptors (Lipinski definition) is 2. The van der Waals surface area contributed by atoms with Gasteiger partial charge in [0.05, 0.1) is 16.6 Å². The van der Waals surface area contributed by atoms with Gasteiger partial charge in [-0.2, -0.15) is 0 Å². The Bertz CT molecular complexity index is 517. The van der Waals surface area contributed by atoms with Crippen LogP contribution in [0.1, 0.15) is 23.2 Å². The quantitative estimate of drug-likeness (QED) is 0.918. The van der Waals surface area contributed by atoms with E-state index < -0.39 is 11.7 Å². The summed E-state index contributed by atoms with van der Waals surface area (Å²) in [6, 6.07) is 4.75. The summed E-state index contributed by atoms with van der Waals surface area (Å²) in [5, 5.41) is 2.78. The Morgan fingerprint density at radius 2 is 2.16 bits per heavy atom. The molecule has 4 nitrogen and oxygen atoms in total. The predicted molar refractivity (Wildman–Crippen MR) is 72.2 cm³/mol. The zero-order chi connectivity index (χ0) is 14.0. The normalized spacial score (nSPS) is 14.1. The number of benzene rings is 1. The Kier molecular flexibility index (Phi) is 4.19. The van der Waals surface area contributed by atoms with Crippen LogP contribution in [-0.4, -0.2) is 36.3 Å². The molecule has 1 aliphatic rings. The maximum Gasteiger partial charge on any atom is 0.257 e. The van der Waals surface area contributed by atoms with Gasteiger partial charge in [-0.1, -0.05) is 6.07 Å². The van der Waals surface area contributed by atoms with Crippen LogP contribution in [0.2, 0.25) is 0 Å². The number of carbonyl (C=O) groups is 2. The van der Waals surface area contributed by atoms with Crippen molar-refractivity contribution >= 4 is 27.7 Å². The summed E-state index contributed by atoms with van der Waals surface area (Å²) >= 11 is 3.03. The fourth-order valence-electron chi connectivity index (χ4n) is 1.66. The average Bonchev–Trinajstić information content (AvgIpc) is 3.15. The first-order valence-corrected chi connectivity index (χ1v) is 6.77. The summed E-state index contributed by atoms with van der Waals surface area (Å²) in [4.78, 5) is 24.8. The van der Waals surface area contributed by atoms with Gasteiger partial charge in [-0.3, -0.25) is 9.59 Å². The van der Waals surface area contributed by atoms with Crippen LogP contribution in [0.25, 0.3) is 0 Å². The molecule has 0 saturated heterocycles. The second-order valence-electron chi connectivity index (χ2n) is 4.60. The maximum absolute atomic E-state index is 13.8. The van der Waals surface area contributed by atoms with Crippen LogP contribution in [0.4, 0.5) is 4.39 Å². The van der Waals surface area contributed by atoms with Gasteiger partial charge in [0, 0.05) is 13.1 Å². The zero-order valence-electron chi connectivity index (χ0n) is 10.5. The lowest BCUT2D eigenvalue weighted by molar-refractivity contribution is -0.121. The first-order chi connectivity index (χ1) is 8.99. The van der Waals surface area contributed by atoms with Gasteiger partial charge in [0.25, 0.3) is 5.91 Å². The molecule has 1 fully saturated rings. The highest BCUT2D eigenvalue weighted by atomic mass is 79.9. The van der Waals surface area contributed by atoms with E-state index in [1.807, 2.05) is 0 Å². The number of likely N-dealkylation sites (N-methyl/N-ethyl adjacent to an activating group) is 1. The van der Waals surface area contributed by atoms with Crippen molar-refractivity contribution in [1.82, 2.24) is 10.2 Å². The molecule has 0 atom stereocenters. The van der Waals surface area contributed by atoms with E-state index in [-0.39, 0.29) is 28.5 Å². The lowest BCUT2D eigenvalue weighted by atomic mass is 10.2. The molecule has 0 heterocycles. The molecule has 2 amide bonds. The molecule has 1 aromatic carbocycles. The van der Waals surface area contributed by atoms with Crippen molar-refractivity contribution in [1.29, 1.82) is 0 Å². The molecule has 19 heavy (non-hydrogen) atoms. The van der Waals surface area contributed by atoms with Crippen LogP contribution in [0.15, 0.2) is 22.7 Å². The first-order valence-electron chi connectivity index (χ1n) is 5.98. The van der Waals surface area contributed by atoms with Gasteiger partial charge < -0.3 is 10.2 Å². The van der Waals surface area contributed by atoms with Gasteiger partial charge in [0.1, 0.15) is 5.82 Å². The van der Waals surface area contributed by atoms with Crippen molar-refractivity contribution in [2.45, 2.75) is 18.9 Å². The van der Waals surface area contributed by atoms with E-state index >= 15 is 0 Å². The van der Waals surface area contributed by atoms with Gasteiger partial charge >= 0.3 is 0 Å². The molecule has 1 aliphatic carbocycles. The first kappa shape index (κ1) is 14.0. The Hall–Kier alpha value is -1.43. The molecule has 0 spiro atoms. The Labute approximate surface area is 119 Å². The summed E-state index contributed by atoms with van der Waals surface area (Å²) in [6.07, 6.45) is 1.98. The number of amides is 2. The zero-order valence-corrected chi connectivity index (χ0v) is 12.0. The Morgan fingerprint density at radius 1 is 1.47 bits per heavy atom. The molecular weight excluding hydrogens is 315 g/mol. The van der Waals surface area contributed by atoms with E-state index in [0.717, 1.165) is 12.8 Å². The van der Waals surface area contributed by atoms with Crippen LogP contribution in [0.3, 0.4) is 0 Å². The van der Waals surface area contributed by atoms with Crippen LogP contribution in [-0.2, 0) is 4.79 Å². The molecule has 6 heteroatoms. The fourth-order valence-corrected chi connectivity index (χ4v) is 2.03. The molecule has 0 unspecified atom stereocenters. The molecule has 0 aromatic heterocycles. The molecule has 2 rings (SSSR count). The van der Waals surface area contributed by atoms with Gasteiger partial charge in [0.2, 0.25) is 5.91 Å². The number of hydrogen-bond donors (Lipinski definition) is 1. The minimum absolute atomic E-state index is 0.0453. The number of nitrogens with one attached hydrogen (secondary N) is 1. The van der Waals surface area contributed by atoms with Gasteiger partial charge in [0.15, 0.2) is 0 Å². The summed E-state index contributed by atoms with van der Waals surface area (Å²) in [7, 11) is 1.48. The van der Waals surface area contributed by atoms with E-state index in [2.05, 4.69) is 21.2 Å². The molecule has 0 radical (unpaired) electrons. The van der Waals surface area contributed by atoms with E-state index in [9.17, 15) is 14.0 Å². The van der Waals surface area contributed by atoms with Gasteiger partial charge in [-0.05, 0) is 40.9 Å². The number of nitrogens with zero attached hydrogens (tertiary/aromatic N) is 1. The van der Waals surface area contributed by atoms with Crippen LogP contribution in [0.5, 0.6) is 0 Å². The highest BCUT2D eigenvalue weighted by molar-refractivity contribution is 9.10. The maximum atomic E-state index is 13.8. The van der Waals surface area contributed by atoms with E-state index in [1.165, 1.54) is 24.1 Å². The van der Waals surface area contributed by atoms with Crippen LogP contribution >= 0.6 is 15.9 Å². The van der Waals surface area contributed by atoms with Crippen molar-refractivity contribution in [2.75, 3.05) is 13.6 Å². The standard InChI is InChI=1S/C13H14BrFN2O2/c1-17(7-11(18)16-8-5-6-8)13(19)9-3-2-4-10(14)12(9)15/h2-4,8H,5-7H2,1H3,(H,16,18). The Morgan fingerprint density at radius 3 is 2.79 bits per heavy atom. The van der Waals surface area contributed by atoms with Crippen LogP contribution in [0, 0.1) is 5.82 Å². The summed E-state index contributed by atoms with van der Waals surface area (Å²) in [5.41, 5.74) is -0.0453. The van der Waals surface area contributed by atoms with Crippen molar-refractivity contribution in [2.24, 2.45) is 0 Å². The monoisotopic (exact) mass is 328 g/mol. The summed E-state index contributed by atoms with van der Waals surface area (Å²) < 4.78 is 14.0. The van der Waals surface area contributed by atoms with E-state index in [0.29, 0.717) is 0 Å². The minimum atomic E-state index is -0.609. The summed E-state index contributed by atoms with van der Waals surface area (Å²) in [6.45, 7) is -0.0682. The van der Waals surface area contributed by atoms with E-state index in [1.54, 1.807) is 6.07 Å². The number of rotatable bonds is 4. The van der Waals surface area contributed by atoms with Crippen molar-refractivity contribution in [3.05, 3.63) is 34.1 Å².